The van der Waals surface area contributed by atoms with Crippen LogP contribution in [0.5, 0.6) is 0 Å². The van der Waals surface area contributed by atoms with Crippen LogP contribution in [-0.2, 0) is 75.2 Å². The minimum Gasteiger partial charge on any atom is -0.481 e. The Morgan fingerprint density at radius 3 is 1.97 bits per heavy atom. The number of pyridine rings is 1. The number of guanidine groups is 1. The maximum absolute atomic E-state index is 14.6. The van der Waals surface area contributed by atoms with Crippen LogP contribution in [0.15, 0.2) is 53.8 Å². The van der Waals surface area contributed by atoms with Crippen LogP contribution in [-0.4, -0.2) is 178 Å². The van der Waals surface area contributed by atoms with Crippen molar-refractivity contribution in [2.24, 2.45) is 28.1 Å². The van der Waals surface area contributed by atoms with Crippen LogP contribution in [0.25, 0.3) is 0 Å². The van der Waals surface area contributed by atoms with Crippen molar-refractivity contribution in [1.82, 2.24) is 63.1 Å². The van der Waals surface area contributed by atoms with Crippen LogP contribution in [0.1, 0.15) is 123 Å². The lowest BCUT2D eigenvalue weighted by molar-refractivity contribution is -0.142. The second kappa shape index (κ2) is 36.4. The van der Waals surface area contributed by atoms with Gasteiger partial charge in [-0.3, -0.25) is 72.3 Å². The van der Waals surface area contributed by atoms with Gasteiger partial charge in [0.1, 0.15) is 60.4 Å². The standard InChI is InChI=1S/C58H85ClN16O14/c1-6-37(67-33(5)76)49(81)72-42(27-34-16-18-36(59)19-17-34)53(85)73-43(28-35-12-9-22-63-30-35)54(86)74-44(29-47(78)79)55(87)69-39-20-21-46(77)64-23-8-7-13-40(57(89)75-25-11-15-45(75)56(88)66-32(4)48(60)80)70-52(84)41(26-31(2)3)71-50(82)38(68-51(39)83)14-10-24-65-58(61)62/h9,12,16-19,22,30-32,37-45H,6-8,10-11,13-15,20-21,23-29H2,1-5H3,(H2,60,80)(H,64,77)(H,66,88)(H,67,76)(H,68,83)(H,69,87)(H,70,84)(H,71,82)(H,72,81)(H,73,85)(H,74,86)(H,78,79)(H4,61,62,65)/t32-,37-,38+,39+,40-,41-,42-,43-,44-,45+/m0/s1. The monoisotopic (exact) mass is 1260 g/mol. The summed E-state index contributed by atoms with van der Waals surface area (Å²) in [5, 5.41) is 36.4. The van der Waals surface area contributed by atoms with E-state index in [0.29, 0.717) is 22.6 Å². The SMILES string of the molecule is CC[C@H](NC(C)=O)C(=O)N[C@@H](Cc1ccc(Cl)cc1)C(=O)N[C@@H](Cc1cccnc1)C(=O)N[C@@H](CC(=O)O)C(=O)N[C@@H]1CCC(=O)NCCCC[C@@H](C(=O)N2CCC[C@@H]2C(=O)N[C@@H](C)C(N)=O)NC(=O)[C@H](CC(C)C)NC(=O)[C@@H](CCCN=C(N)N)NC1=O. The number of benzene rings is 1. The van der Waals surface area contributed by atoms with Gasteiger partial charge in [0.15, 0.2) is 5.96 Å². The summed E-state index contributed by atoms with van der Waals surface area (Å²) in [6.07, 6.45) is 1.72. The van der Waals surface area contributed by atoms with Gasteiger partial charge in [-0.2, -0.15) is 0 Å². The summed E-state index contributed by atoms with van der Waals surface area (Å²) >= 11 is 6.12. The summed E-state index contributed by atoms with van der Waals surface area (Å²) in [7, 11) is 0. The number of amides is 12. The van der Waals surface area contributed by atoms with Crippen molar-refractivity contribution >= 4 is 94.4 Å². The first-order valence-corrected chi connectivity index (χ1v) is 30.0. The maximum atomic E-state index is 14.6. The van der Waals surface area contributed by atoms with E-state index in [0.717, 1.165) is 0 Å². The number of aromatic nitrogens is 1. The number of primary amides is 1. The van der Waals surface area contributed by atoms with Crippen molar-refractivity contribution in [3.8, 4) is 0 Å². The molecule has 1 aromatic heterocycles. The first-order valence-electron chi connectivity index (χ1n) is 29.6. The van der Waals surface area contributed by atoms with Gasteiger partial charge < -0.3 is 80.4 Å². The molecule has 30 nitrogen and oxygen atoms in total. The molecule has 2 fully saturated rings. The normalized spacial score (nSPS) is 20.3. The first kappa shape index (κ1) is 72.5. The Morgan fingerprint density at radius 1 is 0.742 bits per heavy atom. The molecule has 2 aromatic rings. The Balaban J connectivity index is 1.68. The number of hydrogen-bond donors (Lipinski definition) is 14. The molecule has 10 atom stereocenters. The van der Waals surface area contributed by atoms with Gasteiger partial charge in [-0.05, 0) is 106 Å². The first-order chi connectivity index (χ1) is 42.1. The van der Waals surface area contributed by atoms with Crippen molar-refractivity contribution in [2.75, 3.05) is 19.6 Å². The van der Waals surface area contributed by atoms with Crippen LogP contribution >= 0.6 is 11.6 Å². The average molecular weight is 1270 g/mol. The predicted octanol–water partition coefficient (Wildman–Crippen LogP) is -2.54. The summed E-state index contributed by atoms with van der Waals surface area (Å²) in [5.74, 6) is -11.9. The van der Waals surface area contributed by atoms with E-state index in [-0.39, 0.29) is 95.7 Å². The second-order valence-electron chi connectivity index (χ2n) is 22.4. The van der Waals surface area contributed by atoms with Crippen LogP contribution in [0.3, 0.4) is 0 Å². The zero-order valence-electron chi connectivity index (χ0n) is 50.7. The number of rotatable bonds is 26. The molecule has 2 saturated heterocycles. The second-order valence-corrected chi connectivity index (χ2v) is 22.8. The topological polar surface area (TPSA) is 469 Å². The molecule has 0 radical (unpaired) electrons. The minimum atomic E-state index is -1.97. The highest BCUT2D eigenvalue weighted by Gasteiger charge is 2.40. The Hall–Kier alpha value is -8.96. The molecule has 12 amide bonds. The number of nitrogens with one attached hydrogen (secondary N) is 10. The number of likely N-dealkylation sites (tertiary alicyclic amines) is 1. The number of hydrogen-bond acceptors (Lipinski definition) is 15. The summed E-state index contributed by atoms with van der Waals surface area (Å²) in [6.45, 7) is 7.98. The van der Waals surface area contributed by atoms with Crippen molar-refractivity contribution < 1.29 is 67.4 Å². The fraction of sp³-hybridized carbons (Fsp3) is 0.569. The summed E-state index contributed by atoms with van der Waals surface area (Å²) < 4.78 is 0. The highest BCUT2D eigenvalue weighted by molar-refractivity contribution is 6.30. The van der Waals surface area contributed by atoms with E-state index in [1.165, 1.54) is 31.1 Å². The lowest BCUT2D eigenvalue weighted by Crippen LogP contribution is -2.61. The largest absolute Gasteiger partial charge is 0.481 e. The van der Waals surface area contributed by atoms with Crippen LogP contribution in [0.2, 0.25) is 5.02 Å². The van der Waals surface area contributed by atoms with Gasteiger partial charge in [-0.1, -0.05) is 50.6 Å². The molecule has 2 aliphatic rings. The number of halogens is 1. The minimum absolute atomic E-state index is 0.0249. The number of carboxylic acids is 1. The third-order valence-electron chi connectivity index (χ3n) is 14.6. The molecule has 3 heterocycles. The zero-order valence-corrected chi connectivity index (χ0v) is 51.5. The molecule has 31 heteroatoms. The van der Waals surface area contributed by atoms with Gasteiger partial charge in [-0.15, -0.1) is 0 Å². The molecule has 4 rings (SSSR count). The van der Waals surface area contributed by atoms with Crippen molar-refractivity contribution in [2.45, 2.75) is 185 Å². The molecule has 0 aliphatic carbocycles. The summed E-state index contributed by atoms with van der Waals surface area (Å²) in [6, 6.07) is -4.30. The number of nitrogens with two attached hydrogens (primary N) is 3. The Labute approximate surface area is 520 Å². The molecule has 89 heavy (non-hydrogen) atoms. The highest BCUT2D eigenvalue weighted by Crippen LogP contribution is 2.21. The van der Waals surface area contributed by atoms with E-state index in [9.17, 15) is 67.4 Å². The summed E-state index contributed by atoms with van der Waals surface area (Å²) in [5.41, 5.74) is 17.4. The van der Waals surface area contributed by atoms with E-state index in [2.05, 4.69) is 63.1 Å². The number of aliphatic carboxylic acids is 1. The average Bonchev–Trinajstić information content (AvgIpc) is 3.74. The van der Waals surface area contributed by atoms with E-state index in [4.69, 9.17) is 28.8 Å². The van der Waals surface area contributed by atoms with E-state index < -0.39 is 157 Å². The maximum Gasteiger partial charge on any atom is 0.305 e. The Bertz CT molecular complexity index is 2860. The Morgan fingerprint density at radius 2 is 1.37 bits per heavy atom. The van der Waals surface area contributed by atoms with Crippen LogP contribution in [0, 0.1) is 5.92 Å². The molecule has 0 saturated carbocycles. The van der Waals surface area contributed by atoms with Crippen molar-refractivity contribution in [1.29, 1.82) is 0 Å². The van der Waals surface area contributed by atoms with E-state index in [1.54, 1.807) is 57.2 Å². The third kappa shape index (κ3) is 25.0. The zero-order chi connectivity index (χ0) is 65.9. The van der Waals surface area contributed by atoms with Crippen molar-refractivity contribution in [3.05, 3.63) is 64.9 Å². The highest BCUT2D eigenvalue weighted by atomic mass is 35.5. The fourth-order valence-corrected chi connectivity index (χ4v) is 9.99. The molecule has 2 aliphatic heterocycles. The number of carbonyl (C=O) groups excluding carboxylic acids is 12. The molecule has 0 spiro atoms. The van der Waals surface area contributed by atoms with Crippen molar-refractivity contribution in [3.63, 3.8) is 0 Å². The van der Waals surface area contributed by atoms with Gasteiger partial charge in [0.2, 0.25) is 70.9 Å². The number of aliphatic imine (C=N–C) groups is 1. The van der Waals surface area contributed by atoms with Gasteiger partial charge >= 0.3 is 5.97 Å². The number of carbonyl (C=O) groups is 13. The fourth-order valence-electron chi connectivity index (χ4n) is 9.87. The van der Waals surface area contributed by atoms with Crippen LogP contribution < -0.4 is 70.4 Å². The van der Waals surface area contributed by atoms with Crippen LogP contribution in [0.4, 0.5) is 0 Å². The molecular weight excluding hydrogens is 1180 g/mol. The molecule has 0 bridgehead atoms. The third-order valence-corrected chi connectivity index (χ3v) is 14.8. The lowest BCUT2D eigenvalue weighted by atomic mass is 10.00. The van der Waals surface area contributed by atoms with Gasteiger partial charge in [0.05, 0.1) is 6.42 Å². The van der Waals surface area contributed by atoms with Gasteiger partial charge in [0.25, 0.3) is 0 Å². The molecule has 17 N–H and O–H groups in total. The van der Waals surface area contributed by atoms with Gasteiger partial charge in [0, 0.05) is 63.2 Å². The van der Waals surface area contributed by atoms with Gasteiger partial charge in [-0.25, -0.2) is 0 Å². The molecular formula is C58H85ClN16O14. The van der Waals surface area contributed by atoms with E-state index >= 15 is 0 Å². The lowest BCUT2D eigenvalue weighted by Gasteiger charge is -2.31. The quantitative estimate of drug-likeness (QED) is 0.0262. The smallest absolute Gasteiger partial charge is 0.305 e. The Kier molecular flexibility index (Phi) is 29.6. The molecule has 488 valence electrons. The predicted molar refractivity (Wildman–Crippen MR) is 324 cm³/mol. The molecule has 0 unspecified atom stereocenters. The summed E-state index contributed by atoms with van der Waals surface area (Å²) in [4.78, 5) is 187. The number of nitrogens with zero attached hydrogens (tertiary/aromatic N) is 3. The molecule has 1 aromatic carbocycles. The van der Waals surface area contributed by atoms with E-state index in [1.807, 2.05) is 0 Å². The number of carboxylic acid groups (broad SMARTS) is 1.